The molecule has 65 heavy (non-hydrogen) atoms. The van der Waals surface area contributed by atoms with Crippen molar-refractivity contribution in [2.75, 3.05) is 4.90 Å². The molecule has 0 saturated carbocycles. The van der Waals surface area contributed by atoms with Gasteiger partial charge in [0.25, 0.3) is 0 Å². The molecule has 12 aromatic rings. The van der Waals surface area contributed by atoms with E-state index in [-0.39, 0.29) is 0 Å². The second-order valence-electron chi connectivity index (χ2n) is 17.6. The monoisotopic (exact) mass is 825 g/mol. The minimum atomic E-state index is -0.442. The Morgan fingerprint density at radius 1 is 0.292 bits per heavy atom. The number of para-hydroxylation sites is 1. The van der Waals surface area contributed by atoms with Crippen LogP contribution in [0.4, 0.5) is 17.1 Å². The third-order valence-electron chi connectivity index (χ3n) is 14.3. The molecule has 2 aliphatic rings. The summed E-state index contributed by atoms with van der Waals surface area (Å²) in [5, 5.41) is 7.20. The van der Waals surface area contributed by atoms with Crippen LogP contribution >= 0.6 is 0 Å². The smallest absolute Gasteiger partial charge is 0.143 e. The molecule has 1 heterocycles. The van der Waals surface area contributed by atoms with Gasteiger partial charge in [-0.3, -0.25) is 0 Å². The molecule has 0 aliphatic heterocycles. The highest BCUT2D eigenvalue weighted by atomic mass is 16.3. The highest BCUT2D eigenvalue weighted by molar-refractivity contribution is 6.11. The van der Waals surface area contributed by atoms with Crippen molar-refractivity contribution in [1.82, 2.24) is 0 Å². The van der Waals surface area contributed by atoms with Gasteiger partial charge in [0, 0.05) is 33.4 Å². The van der Waals surface area contributed by atoms with Crippen LogP contribution in [-0.4, -0.2) is 0 Å². The number of hydrogen-bond acceptors (Lipinski definition) is 2. The van der Waals surface area contributed by atoms with Gasteiger partial charge in [0.2, 0.25) is 0 Å². The van der Waals surface area contributed by atoms with Crippen molar-refractivity contribution in [3.05, 3.63) is 259 Å². The number of nitrogens with zero attached hydrogens (tertiary/aromatic N) is 1. The summed E-state index contributed by atoms with van der Waals surface area (Å²) < 4.78 is 6.55. The molecule has 2 nitrogen and oxygen atoms in total. The fraction of sp³-hybridized carbons (Fsp3) is 0.0159. The number of furan rings is 1. The summed E-state index contributed by atoms with van der Waals surface area (Å²) in [6.45, 7) is 0. The molecule has 14 rings (SSSR count). The van der Waals surface area contributed by atoms with E-state index in [1.807, 2.05) is 0 Å². The predicted octanol–water partition coefficient (Wildman–Crippen LogP) is 17.0. The fourth-order valence-corrected chi connectivity index (χ4v) is 11.4. The van der Waals surface area contributed by atoms with Crippen LogP contribution < -0.4 is 4.90 Å². The Hall–Kier alpha value is -8.46. The van der Waals surface area contributed by atoms with Gasteiger partial charge in [0.05, 0.1) is 5.41 Å². The average molecular weight is 826 g/mol. The SMILES string of the molecule is c1ccc(-c2cccc3c2oc2ccc(-c4ccc(N(c5ccc6c(c5)C5(c7ccccc7-c7ccccc75)c5ccccc5-6)c5ccc6ccc7ccccc7c6c5)cc4)cc23)cc1. The van der Waals surface area contributed by atoms with Crippen molar-refractivity contribution in [3.63, 3.8) is 0 Å². The van der Waals surface area contributed by atoms with Gasteiger partial charge in [0.15, 0.2) is 0 Å². The summed E-state index contributed by atoms with van der Waals surface area (Å²) in [7, 11) is 0. The molecule has 0 N–H and O–H groups in total. The zero-order valence-electron chi connectivity index (χ0n) is 35.4. The topological polar surface area (TPSA) is 16.4 Å². The van der Waals surface area contributed by atoms with E-state index in [1.165, 1.54) is 66.1 Å². The third-order valence-corrected chi connectivity index (χ3v) is 14.3. The van der Waals surface area contributed by atoms with E-state index in [9.17, 15) is 0 Å². The molecule has 11 aromatic carbocycles. The lowest BCUT2D eigenvalue weighted by Crippen LogP contribution is -2.26. The highest BCUT2D eigenvalue weighted by Gasteiger charge is 2.51. The van der Waals surface area contributed by atoms with Crippen LogP contribution in [-0.2, 0) is 5.41 Å². The van der Waals surface area contributed by atoms with Crippen molar-refractivity contribution in [1.29, 1.82) is 0 Å². The van der Waals surface area contributed by atoms with E-state index in [0.29, 0.717) is 0 Å². The van der Waals surface area contributed by atoms with Gasteiger partial charge in [0.1, 0.15) is 11.2 Å². The lowest BCUT2D eigenvalue weighted by molar-refractivity contribution is 0.670. The van der Waals surface area contributed by atoms with Crippen LogP contribution in [0.3, 0.4) is 0 Å². The fourth-order valence-electron chi connectivity index (χ4n) is 11.4. The number of anilines is 3. The van der Waals surface area contributed by atoms with E-state index in [2.05, 4.69) is 241 Å². The minimum absolute atomic E-state index is 0.442. The van der Waals surface area contributed by atoms with E-state index < -0.39 is 5.41 Å². The molecule has 2 heteroatoms. The van der Waals surface area contributed by atoms with E-state index >= 15 is 0 Å². The number of rotatable bonds is 5. The largest absolute Gasteiger partial charge is 0.455 e. The van der Waals surface area contributed by atoms with E-state index in [1.54, 1.807) is 0 Å². The number of benzene rings is 11. The Morgan fingerprint density at radius 2 is 0.831 bits per heavy atom. The van der Waals surface area contributed by atoms with Gasteiger partial charge in [-0.1, -0.05) is 188 Å². The maximum Gasteiger partial charge on any atom is 0.143 e. The lowest BCUT2D eigenvalue weighted by Gasteiger charge is -2.32. The van der Waals surface area contributed by atoms with Gasteiger partial charge in [-0.15, -0.1) is 0 Å². The Morgan fingerprint density at radius 3 is 1.57 bits per heavy atom. The van der Waals surface area contributed by atoms with Gasteiger partial charge < -0.3 is 9.32 Å². The van der Waals surface area contributed by atoms with Crippen molar-refractivity contribution in [2.45, 2.75) is 5.41 Å². The summed E-state index contributed by atoms with van der Waals surface area (Å²) >= 11 is 0. The third kappa shape index (κ3) is 5.17. The summed E-state index contributed by atoms with van der Waals surface area (Å²) in [5.74, 6) is 0. The van der Waals surface area contributed by atoms with Gasteiger partial charge in [-0.2, -0.15) is 0 Å². The summed E-state index contributed by atoms with van der Waals surface area (Å²) in [6.07, 6.45) is 0. The Labute approximate surface area is 376 Å². The van der Waals surface area contributed by atoms with Crippen LogP contribution in [0.5, 0.6) is 0 Å². The summed E-state index contributed by atoms with van der Waals surface area (Å²) in [6, 6.07) is 87.1. The predicted molar refractivity (Wildman–Crippen MR) is 271 cm³/mol. The number of hydrogen-bond donors (Lipinski definition) is 0. The highest BCUT2D eigenvalue weighted by Crippen LogP contribution is 2.63. The molecule has 2 aliphatic carbocycles. The Kier molecular flexibility index (Phi) is 7.64. The molecule has 0 unspecified atom stereocenters. The molecular formula is C63H39NO. The molecule has 0 bridgehead atoms. The first-order chi connectivity index (χ1) is 32.2. The van der Waals surface area contributed by atoms with Gasteiger partial charge >= 0.3 is 0 Å². The second-order valence-corrected chi connectivity index (χ2v) is 17.6. The standard InChI is InChI=1S/C63H39NO/c1-2-13-41(14-3-1)49-20-12-21-54-56-37-44(30-36-61(56)65-62(49)54)40-27-31-45(32-28-40)64(46-33-29-43-26-25-42-15-4-5-16-48(42)55(43)38-46)47-34-35-53-52-19-8-11-24-59(52)63(60(53)39-47)57-22-9-6-17-50(57)51-18-7-10-23-58(51)63/h1-39H. The van der Waals surface area contributed by atoms with Crippen LogP contribution in [0, 0.1) is 0 Å². The van der Waals surface area contributed by atoms with Crippen LogP contribution in [0.2, 0.25) is 0 Å². The second kappa shape index (κ2) is 13.8. The molecule has 302 valence electrons. The van der Waals surface area contributed by atoms with Crippen molar-refractivity contribution >= 4 is 60.5 Å². The molecule has 0 atom stereocenters. The zero-order valence-corrected chi connectivity index (χ0v) is 35.4. The maximum absolute atomic E-state index is 6.55. The Balaban J connectivity index is 0.949. The first-order valence-corrected chi connectivity index (χ1v) is 22.5. The molecular weight excluding hydrogens is 787 g/mol. The molecule has 0 saturated heterocycles. The molecule has 1 aromatic heterocycles. The van der Waals surface area contributed by atoms with Crippen LogP contribution in [0.15, 0.2) is 241 Å². The average Bonchev–Trinajstić information content (AvgIpc) is 4.01. The molecule has 0 fully saturated rings. The minimum Gasteiger partial charge on any atom is -0.455 e. The lowest BCUT2D eigenvalue weighted by atomic mass is 9.70. The Bertz CT molecular complexity index is 3830. The van der Waals surface area contributed by atoms with Crippen molar-refractivity contribution < 1.29 is 4.42 Å². The van der Waals surface area contributed by atoms with Crippen LogP contribution in [0.25, 0.3) is 88.0 Å². The van der Waals surface area contributed by atoms with Gasteiger partial charge in [-0.05, 0) is 131 Å². The zero-order chi connectivity index (χ0) is 42.6. The van der Waals surface area contributed by atoms with E-state index in [4.69, 9.17) is 4.42 Å². The molecule has 0 radical (unpaired) electrons. The molecule has 0 amide bonds. The van der Waals surface area contributed by atoms with Crippen LogP contribution in [0.1, 0.15) is 22.3 Å². The number of fused-ring (bicyclic) bond motifs is 16. The molecule has 1 spiro atoms. The van der Waals surface area contributed by atoms with Gasteiger partial charge in [-0.25, -0.2) is 0 Å². The van der Waals surface area contributed by atoms with Crippen molar-refractivity contribution in [2.24, 2.45) is 0 Å². The normalized spacial score (nSPS) is 13.0. The summed E-state index contributed by atoms with van der Waals surface area (Å²) in [4.78, 5) is 2.45. The first kappa shape index (κ1) is 36.1. The summed E-state index contributed by atoms with van der Waals surface area (Å²) in [5.41, 5.74) is 19.8. The quantitative estimate of drug-likeness (QED) is 0.161. The van der Waals surface area contributed by atoms with E-state index in [0.717, 1.165) is 61.3 Å². The van der Waals surface area contributed by atoms with Crippen molar-refractivity contribution in [3.8, 4) is 44.5 Å². The maximum atomic E-state index is 6.55. The first-order valence-electron chi connectivity index (χ1n) is 22.5.